The Morgan fingerprint density at radius 1 is 1.50 bits per heavy atom. The number of hydrogen-bond donors (Lipinski definition) is 0. The molecule has 0 saturated carbocycles. The summed E-state index contributed by atoms with van der Waals surface area (Å²) in [5, 5.41) is 7.97. The minimum Gasteiger partial charge on any atom is -0.472 e. The maximum atomic E-state index is 10.5. The lowest BCUT2D eigenvalue weighted by molar-refractivity contribution is -0.119. The first kappa shape index (κ1) is 18.7. The van der Waals surface area contributed by atoms with E-state index in [4.69, 9.17) is 4.74 Å². The first-order valence-electron chi connectivity index (χ1n) is 5.48. The lowest BCUT2D eigenvalue weighted by Gasteiger charge is -2.19. The molecule has 0 aliphatic carbocycles. The van der Waals surface area contributed by atoms with Crippen LogP contribution in [0.4, 0.5) is 13.2 Å². The maximum Gasteiger partial charge on any atom is 0.386 e. The topological polar surface area (TPSA) is 60.2 Å². The first-order valence-corrected chi connectivity index (χ1v) is 6.27. The largest absolute Gasteiger partial charge is 0.472 e. The summed E-state index contributed by atoms with van der Waals surface area (Å²) in [5.74, 6) is 0.434. The summed E-state index contributed by atoms with van der Waals surface area (Å²) in [5.41, 5.74) is 0. The van der Waals surface area contributed by atoms with Gasteiger partial charge in [-0.25, -0.2) is 0 Å². The second kappa shape index (κ2) is 8.08. The van der Waals surface area contributed by atoms with Crippen molar-refractivity contribution in [2.75, 3.05) is 13.7 Å². The number of hydrogen-bond acceptors (Lipinski definition) is 4. The minimum atomic E-state index is -4.00. The third-order valence-electron chi connectivity index (χ3n) is 1.97. The van der Waals surface area contributed by atoms with Gasteiger partial charge < -0.3 is 9.64 Å². The van der Waals surface area contributed by atoms with Crippen molar-refractivity contribution in [2.45, 2.75) is 26.1 Å². The third kappa shape index (κ3) is 8.73. The van der Waals surface area contributed by atoms with E-state index in [-0.39, 0.29) is 13.0 Å². The predicted molar refractivity (Wildman–Crippen MR) is 69.2 cm³/mol. The summed E-state index contributed by atoms with van der Waals surface area (Å²) >= 11 is 3.22. The Hall–Kier alpha value is -1.32. The van der Waals surface area contributed by atoms with Crippen molar-refractivity contribution in [1.29, 1.82) is 0 Å². The summed E-state index contributed by atoms with van der Waals surface area (Å²) in [4.78, 5) is 13.4. The van der Waals surface area contributed by atoms with Crippen LogP contribution >= 0.6 is 15.9 Å². The Balaban J connectivity index is 0.000000621. The van der Waals surface area contributed by atoms with Crippen molar-refractivity contribution >= 4 is 22.3 Å². The Labute approximate surface area is 123 Å². The highest BCUT2D eigenvalue weighted by atomic mass is 79.9. The zero-order valence-electron chi connectivity index (χ0n) is 11.5. The number of nitrogens with zero attached hydrogens (tertiary/aromatic N) is 4. The second-order valence-corrected chi connectivity index (χ2v) is 4.75. The fourth-order valence-electron chi connectivity index (χ4n) is 0.874. The molecule has 1 aromatic heterocycles. The van der Waals surface area contributed by atoms with Crippen molar-refractivity contribution in [3.05, 3.63) is 4.60 Å². The van der Waals surface area contributed by atoms with Gasteiger partial charge in [0.1, 0.15) is 6.61 Å². The molecule has 116 valence electrons. The van der Waals surface area contributed by atoms with Gasteiger partial charge in [-0.05, 0) is 22.9 Å². The Morgan fingerprint density at radius 2 is 2.00 bits per heavy atom. The summed E-state index contributed by atoms with van der Waals surface area (Å²) in [7, 11) is 3.41. The molecule has 1 unspecified atom stereocenters. The van der Waals surface area contributed by atoms with E-state index in [1.165, 1.54) is 9.70 Å². The van der Waals surface area contributed by atoms with Crippen molar-refractivity contribution in [2.24, 2.45) is 7.05 Å². The van der Waals surface area contributed by atoms with Gasteiger partial charge in [0.25, 0.3) is 5.88 Å². The predicted octanol–water partition coefficient (Wildman–Crippen LogP) is 2.00. The third-order valence-corrected chi connectivity index (χ3v) is 2.47. The molecule has 1 heterocycles. The number of halogens is 4. The van der Waals surface area contributed by atoms with Crippen molar-refractivity contribution in [3.63, 3.8) is 0 Å². The monoisotopic (exact) mass is 360 g/mol. The zero-order valence-corrected chi connectivity index (χ0v) is 13.1. The number of carbonyl (C=O) groups is 1. The number of rotatable bonds is 5. The minimum absolute atomic E-state index is 0.00333. The second-order valence-electron chi connectivity index (χ2n) is 4.00. The van der Waals surface area contributed by atoms with Crippen LogP contribution in [0.15, 0.2) is 4.60 Å². The molecular formula is C10H16BrF3N4O2. The number of ether oxygens (including phenoxy) is 1. The number of likely N-dealkylation sites (N-methyl/N-ethyl adjacent to an activating group) is 1. The van der Waals surface area contributed by atoms with Crippen LogP contribution < -0.4 is 4.74 Å². The summed E-state index contributed by atoms with van der Waals surface area (Å²) in [6.07, 6.45) is -3.24. The molecule has 0 bridgehead atoms. The fourth-order valence-corrected chi connectivity index (χ4v) is 1.30. The SMILES string of the molecule is CC(COc1nn(C)nc1Br)N(C)C=O.CC(F)(F)F. The Bertz CT molecular complexity index is 419. The molecule has 0 N–H and O–H groups in total. The van der Waals surface area contributed by atoms with Gasteiger partial charge in [-0.15, -0.1) is 10.2 Å². The zero-order chi connectivity index (χ0) is 15.9. The van der Waals surface area contributed by atoms with Gasteiger partial charge in [-0.3, -0.25) is 4.79 Å². The molecule has 0 saturated heterocycles. The van der Waals surface area contributed by atoms with Gasteiger partial charge in [0.15, 0.2) is 4.60 Å². The Kier molecular flexibility index (Phi) is 7.54. The molecule has 6 nitrogen and oxygen atoms in total. The molecule has 20 heavy (non-hydrogen) atoms. The van der Waals surface area contributed by atoms with Gasteiger partial charge in [0.2, 0.25) is 6.41 Å². The molecule has 0 aliphatic rings. The van der Waals surface area contributed by atoms with Gasteiger partial charge in [0, 0.05) is 21.0 Å². The molecular weight excluding hydrogens is 345 g/mol. The van der Waals surface area contributed by atoms with Crippen LogP contribution in [0.3, 0.4) is 0 Å². The van der Waals surface area contributed by atoms with E-state index in [0.717, 1.165) is 6.41 Å². The quantitative estimate of drug-likeness (QED) is 0.753. The van der Waals surface area contributed by atoms with Gasteiger partial charge >= 0.3 is 6.18 Å². The molecule has 0 aliphatic heterocycles. The van der Waals surface area contributed by atoms with E-state index in [9.17, 15) is 18.0 Å². The molecule has 1 rings (SSSR count). The summed E-state index contributed by atoms with van der Waals surface area (Å²) in [6.45, 7) is 2.46. The highest BCUT2D eigenvalue weighted by Gasteiger charge is 2.15. The van der Waals surface area contributed by atoms with Crippen LogP contribution in [0.5, 0.6) is 5.88 Å². The molecule has 1 atom stereocenters. The number of alkyl halides is 3. The number of aromatic nitrogens is 3. The average Bonchev–Trinajstić information content (AvgIpc) is 2.61. The maximum absolute atomic E-state index is 10.5. The number of amides is 1. The molecule has 1 aromatic rings. The molecule has 0 aromatic carbocycles. The van der Waals surface area contributed by atoms with Crippen LogP contribution in [0.2, 0.25) is 0 Å². The lowest BCUT2D eigenvalue weighted by Crippen LogP contribution is -2.32. The van der Waals surface area contributed by atoms with E-state index in [1.54, 1.807) is 14.1 Å². The molecule has 10 heteroatoms. The first-order chi connectivity index (χ1) is 9.04. The van der Waals surface area contributed by atoms with E-state index >= 15 is 0 Å². The normalized spacial score (nSPS) is 12.2. The van der Waals surface area contributed by atoms with Gasteiger partial charge in [0.05, 0.1) is 6.04 Å². The number of carbonyl (C=O) groups excluding carboxylic acids is 1. The summed E-state index contributed by atoms with van der Waals surface area (Å²) in [6, 6.07) is -0.00333. The Morgan fingerprint density at radius 3 is 2.35 bits per heavy atom. The van der Waals surface area contributed by atoms with E-state index in [1.807, 2.05) is 6.92 Å². The highest BCUT2D eigenvalue weighted by Crippen LogP contribution is 2.18. The highest BCUT2D eigenvalue weighted by molar-refractivity contribution is 9.10. The van der Waals surface area contributed by atoms with Crippen molar-refractivity contribution in [1.82, 2.24) is 19.9 Å². The van der Waals surface area contributed by atoms with E-state index in [2.05, 4.69) is 26.1 Å². The molecule has 0 spiro atoms. The van der Waals surface area contributed by atoms with E-state index in [0.29, 0.717) is 17.1 Å². The standard InChI is InChI=1S/C8H13BrN4O2.C2H3F3/c1-6(12(2)5-14)4-15-8-7(9)10-13(3)11-8;1-2(3,4)5/h5-6H,4H2,1-3H3;1H3. The van der Waals surface area contributed by atoms with Crippen LogP contribution in [0.1, 0.15) is 13.8 Å². The van der Waals surface area contributed by atoms with Crippen LogP contribution in [-0.2, 0) is 11.8 Å². The van der Waals surface area contributed by atoms with Gasteiger partial charge in [-0.1, -0.05) is 0 Å². The molecule has 0 radical (unpaired) electrons. The lowest BCUT2D eigenvalue weighted by atomic mass is 10.3. The number of aryl methyl sites for hydroxylation is 1. The van der Waals surface area contributed by atoms with Crippen LogP contribution in [0.25, 0.3) is 0 Å². The molecule has 1 amide bonds. The van der Waals surface area contributed by atoms with Crippen LogP contribution in [-0.4, -0.2) is 52.2 Å². The summed E-state index contributed by atoms with van der Waals surface area (Å²) < 4.78 is 37.0. The molecule has 0 fully saturated rings. The van der Waals surface area contributed by atoms with Crippen molar-refractivity contribution < 1.29 is 22.7 Å². The van der Waals surface area contributed by atoms with Crippen LogP contribution in [0, 0.1) is 0 Å². The van der Waals surface area contributed by atoms with Crippen molar-refractivity contribution in [3.8, 4) is 5.88 Å². The van der Waals surface area contributed by atoms with Gasteiger partial charge in [-0.2, -0.15) is 18.0 Å². The fraction of sp³-hybridized carbons (Fsp3) is 0.700. The smallest absolute Gasteiger partial charge is 0.386 e. The average molecular weight is 361 g/mol. The van der Waals surface area contributed by atoms with E-state index < -0.39 is 6.18 Å².